The van der Waals surface area contributed by atoms with Gasteiger partial charge in [-0.25, -0.2) is 4.39 Å². The van der Waals surface area contributed by atoms with Crippen LogP contribution in [0.3, 0.4) is 0 Å². The zero-order valence-electron chi connectivity index (χ0n) is 12.3. The lowest BCUT2D eigenvalue weighted by Crippen LogP contribution is -1.90. The van der Waals surface area contributed by atoms with E-state index in [4.69, 9.17) is 0 Å². The molecule has 0 nitrogen and oxygen atoms in total. The summed E-state index contributed by atoms with van der Waals surface area (Å²) in [6.07, 6.45) is 1.49. The zero-order chi connectivity index (χ0) is 15.5. The van der Waals surface area contributed by atoms with E-state index in [1.807, 2.05) is 6.07 Å². The topological polar surface area (TPSA) is 0 Å². The third kappa shape index (κ3) is 3.02. The summed E-state index contributed by atoms with van der Waals surface area (Å²) in [5, 5.41) is 3.34. The van der Waals surface area contributed by atoms with E-state index in [2.05, 4.69) is 42.8 Å². The quantitative estimate of drug-likeness (QED) is 0.501. The molecule has 0 saturated heterocycles. The van der Waals surface area contributed by atoms with Gasteiger partial charge in [-0.3, -0.25) is 0 Å². The van der Waals surface area contributed by atoms with E-state index in [1.165, 1.54) is 16.2 Å². The zero-order valence-corrected chi connectivity index (χ0v) is 13.1. The lowest BCUT2D eigenvalue weighted by Gasteiger charge is -2.10. The number of fused-ring (bicyclic) bond motifs is 1. The number of benzene rings is 2. The lowest BCUT2D eigenvalue weighted by molar-refractivity contribution is 0.623. The fraction of sp³-hybridized carbons (Fsp3) is 0.100. The van der Waals surface area contributed by atoms with E-state index in [-0.39, 0.29) is 5.82 Å². The first-order chi connectivity index (χ1) is 10.6. The van der Waals surface area contributed by atoms with Crippen LogP contribution >= 0.6 is 11.3 Å². The normalized spacial score (nSPS) is 10.8. The van der Waals surface area contributed by atoms with Gasteiger partial charge in [0.2, 0.25) is 0 Å². The average molecular weight is 308 g/mol. The molecule has 110 valence electrons. The van der Waals surface area contributed by atoms with Crippen molar-refractivity contribution in [3.8, 4) is 0 Å². The molecule has 2 aromatic carbocycles. The number of rotatable bonds is 5. The van der Waals surface area contributed by atoms with Crippen LogP contribution in [0.4, 0.5) is 4.39 Å². The Bertz CT molecular complexity index is 842. The number of thiophene rings is 1. The van der Waals surface area contributed by atoms with Gasteiger partial charge in [0.05, 0.1) is 0 Å². The molecular formula is C20H17FS. The third-order valence-electron chi connectivity index (χ3n) is 3.84. The molecular weight excluding hydrogens is 291 g/mol. The van der Waals surface area contributed by atoms with Gasteiger partial charge < -0.3 is 0 Å². The van der Waals surface area contributed by atoms with Gasteiger partial charge in [-0.2, -0.15) is 0 Å². The van der Waals surface area contributed by atoms with Crippen LogP contribution in [0, 0.1) is 5.82 Å². The number of hydrogen-bond donors (Lipinski definition) is 0. The predicted molar refractivity (Wildman–Crippen MR) is 95.5 cm³/mol. The number of hydrogen-bond acceptors (Lipinski definition) is 1. The Morgan fingerprint density at radius 2 is 1.73 bits per heavy atom. The Morgan fingerprint density at radius 1 is 0.955 bits per heavy atom. The van der Waals surface area contributed by atoms with Crippen molar-refractivity contribution in [1.29, 1.82) is 0 Å². The molecule has 0 radical (unpaired) electrons. The van der Waals surface area contributed by atoms with Gasteiger partial charge in [0, 0.05) is 10.3 Å². The number of halogens is 1. The molecule has 3 aromatic rings. The van der Waals surface area contributed by atoms with Gasteiger partial charge in [-0.1, -0.05) is 37.4 Å². The van der Waals surface area contributed by atoms with Crippen molar-refractivity contribution in [3.63, 3.8) is 0 Å². The molecule has 2 heteroatoms. The highest BCUT2D eigenvalue weighted by molar-refractivity contribution is 7.17. The van der Waals surface area contributed by atoms with E-state index >= 15 is 0 Å². The summed E-state index contributed by atoms with van der Waals surface area (Å²) in [5.74, 6) is -0.210. The van der Waals surface area contributed by atoms with Gasteiger partial charge in [0.15, 0.2) is 0 Å². The highest BCUT2D eigenvalue weighted by Crippen LogP contribution is 2.29. The van der Waals surface area contributed by atoms with Crippen LogP contribution < -0.4 is 0 Å². The van der Waals surface area contributed by atoms with E-state index in [0.717, 1.165) is 23.1 Å². The van der Waals surface area contributed by atoms with Crippen molar-refractivity contribution in [2.75, 3.05) is 0 Å². The van der Waals surface area contributed by atoms with E-state index in [9.17, 15) is 4.39 Å². The minimum absolute atomic E-state index is 0.210. The van der Waals surface area contributed by atoms with Crippen molar-refractivity contribution in [3.05, 3.63) is 84.0 Å². The predicted octanol–water partition coefficient (Wildman–Crippen LogP) is 6.55. The van der Waals surface area contributed by atoms with Crippen LogP contribution in [0.15, 0.2) is 67.1 Å². The largest absolute Gasteiger partial charge is 0.206 e. The van der Waals surface area contributed by atoms with Gasteiger partial charge in [-0.05, 0) is 64.6 Å². The lowest BCUT2D eigenvalue weighted by atomic mass is 9.96. The molecule has 0 aliphatic rings. The van der Waals surface area contributed by atoms with Crippen molar-refractivity contribution >= 4 is 32.6 Å². The van der Waals surface area contributed by atoms with Crippen LogP contribution in [0.25, 0.3) is 21.2 Å². The van der Waals surface area contributed by atoms with E-state index in [0.29, 0.717) is 12.0 Å². The van der Waals surface area contributed by atoms with Crippen molar-refractivity contribution in [1.82, 2.24) is 0 Å². The maximum atomic E-state index is 13.7. The first-order valence-corrected chi connectivity index (χ1v) is 8.11. The fourth-order valence-electron chi connectivity index (χ4n) is 2.52. The minimum Gasteiger partial charge on any atom is -0.206 e. The second-order valence-electron chi connectivity index (χ2n) is 5.36. The fourth-order valence-corrected chi connectivity index (χ4v) is 3.29. The molecule has 0 atom stereocenters. The highest BCUT2D eigenvalue weighted by Gasteiger charge is 2.07. The highest BCUT2D eigenvalue weighted by atomic mass is 32.1. The molecule has 0 bridgehead atoms. The van der Waals surface area contributed by atoms with Crippen LogP contribution in [-0.4, -0.2) is 0 Å². The van der Waals surface area contributed by atoms with E-state index in [1.54, 1.807) is 23.5 Å². The van der Waals surface area contributed by atoms with Crippen LogP contribution in [0.5, 0.6) is 0 Å². The first-order valence-electron chi connectivity index (χ1n) is 7.23. The Balaban J connectivity index is 1.69. The molecule has 0 spiro atoms. The van der Waals surface area contributed by atoms with E-state index < -0.39 is 0 Å². The van der Waals surface area contributed by atoms with Crippen molar-refractivity contribution in [2.45, 2.75) is 12.8 Å². The Kier molecular flexibility index (Phi) is 4.21. The SMILES string of the molecule is C=C(CCC(=C)c1ccccc1F)c1ccc2sccc2c1. The molecule has 1 aromatic heterocycles. The van der Waals surface area contributed by atoms with Crippen molar-refractivity contribution < 1.29 is 4.39 Å². The average Bonchev–Trinajstić information content (AvgIpc) is 3.00. The Hall–Kier alpha value is -2.19. The smallest absolute Gasteiger partial charge is 0.130 e. The maximum Gasteiger partial charge on any atom is 0.130 e. The van der Waals surface area contributed by atoms with Gasteiger partial charge >= 0.3 is 0 Å². The third-order valence-corrected chi connectivity index (χ3v) is 4.74. The van der Waals surface area contributed by atoms with Crippen LogP contribution in [-0.2, 0) is 0 Å². The molecule has 0 saturated carbocycles. The molecule has 22 heavy (non-hydrogen) atoms. The Labute approximate surface area is 134 Å². The van der Waals surface area contributed by atoms with Gasteiger partial charge in [0.25, 0.3) is 0 Å². The molecule has 0 aliphatic heterocycles. The first kappa shape index (κ1) is 14.7. The summed E-state index contributed by atoms with van der Waals surface area (Å²) in [5.41, 5.74) is 3.62. The molecule has 3 rings (SSSR count). The van der Waals surface area contributed by atoms with Gasteiger partial charge in [0.1, 0.15) is 5.82 Å². The molecule has 0 fully saturated rings. The summed E-state index contributed by atoms with van der Waals surface area (Å²) < 4.78 is 15.0. The van der Waals surface area contributed by atoms with Gasteiger partial charge in [-0.15, -0.1) is 11.3 Å². The standard InChI is InChI=1S/C20H17FS/c1-14(16-9-10-20-17(13-16)11-12-22-20)7-8-15(2)18-5-3-4-6-19(18)21/h3-6,9-13H,1-2,7-8H2. The molecule has 0 amide bonds. The summed E-state index contributed by atoms with van der Waals surface area (Å²) in [7, 11) is 0. The van der Waals surface area contributed by atoms with Crippen molar-refractivity contribution in [2.24, 2.45) is 0 Å². The second-order valence-corrected chi connectivity index (χ2v) is 6.31. The summed E-state index contributed by atoms with van der Waals surface area (Å²) >= 11 is 1.74. The molecule has 1 heterocycles. The maximum absolute atomic E-state index is 13.7. The molecule has 0 N–H and O–H groups in total. The molecule has 0 unspecified atom stereocenters. The number of allylic oxidation sites excluding steroid dienone is 2. The minimum atomic E-state index is -0.210. The van der Waals surface area contributed by atoms with Crippen LogP contribution in [0.2, 0.25) is 0 Å². The summed E-state index contributed by atoms with van der Waals surface area (Å²) in [6, 6.07) is 15.3. The summed E-state index contributed by atoms with van der Waals surface area (Å²) in [6.45, 7) is 8.19. The Morgan fingerprint density at radius 3 is 2.55 bits per heavy atom. The summed E-state index contributed by atoms with van der Waals surface area (Å²) in [4.78, 5) is 0. The second kappa shape index (κ2) is 6.29. The monoisotopic (exact) mass is 308 g/mol. The molecule has 0 aliphatic carbocycles. The van der Waals surface area contributed by atoms with Crippen LogP contribution in [0.1, 0.15) is 24.0 Å².